The molecule has 1 nitrogen and oxygen atoms in total. The van der Waals surface area contributed by atoms with Crippen LogP contribution in [-0.4, -0.2) is 0 Å². The van der Waals surface area contributed by atoms with E-state index in [-0.39, 0.29) is 11.2 Å². The molecule has 1 heterocycles. The number of hydrogen-bond donors (Lipinski definition) is 0. The highest BCUT2D eigenvalue weighted by atomic mass is 16.5. The molecule has 1 atom stereocenters. The second-order valence-corrected chi connectivity index (χ2v) is 6.25. The fraction of sp³-hybridized carbons (Fsp3) is 0.368. The Morgan fingerprint density at radius 1 is 0.800 bits per heavy atom. The highest BCUT2D eigenvalue weighted by molar-refractivity contribution is 5.47. The van der Waals surface area contributed by atoms with Crippen LogP contribution >= 0.6 is 0 Å². The van der Waals surface area contributed by atoms with Crippen LogP contribution in [0.3, 0.4) is 0 Å². The van der Waals surface area contributed by atoms with Crippen LogP contribution in [0, 0.1) is 0 Å². The summed E-state index contributed by atoms with van der Waals surface area (Å²) in [5.41, 5.74) is 3.69. The highest BCUT2D eigenvalue weighted by Gasteiger charge is 2.52. The van der Waals surface area contributed by atoms with Gasteiger partial charge in [-0.25, -0.2) is 0 Å². The standard InChI is InChI=1S/C19H20O/c1-18(15-9-3-2-4-10-15)16-11-5-6-12-17(16)19(20-18)13-7-8-14-19/h2-6,9-12H,7-8,13-14H2,1H3. The first kappa shape index (κ1) is 12.2. The largest absolute Gasteiger partial charge is 0.355 e. The molecule has 1 spiro atoms. The zero-order chi connectivity index (χ0) is 13.6. The van der Waals surface area contributed by atoms with E-state index in [1.807, 2.05) is 0 Å². The van der Waals surface area contributed by atoms with Gasteiger partial charge in [0.15, 0.2) is 0 Å². The quantitative estimate of drug-likeness (QED) is 0.722. The fourth-order valence-corrected chi connectivity index (χ4v) is 4.09. The SMILES string of the molecule is CC1(c2ccccc2)OC2(CCCC2)c2ccccc21. The summed E-state index contributed by atoms with van der Waals surface area (Å²) in [6.45, 7) is 2.23. The average molecular weight is 264 g/mol. The lowest BCUT2D eigenvalue weighted by atomic mass is 9.84. The Hall–Kier alpha value is -1.60. The molecule has 1 fully saturated rings. The molecule has 0 saturated heterocycles. The number of fused-ring (bicyclic) bond motifs is 2. The van der Waals surface area contributed by atoms with Crippen LogP contribution in [0.25, 0.3) is 0 Å². The monoisotopic (exact) mass is 264 g/mol. The number of rotatable bonds is 1. The first-order valence-corrected chi connectivity index (χ1v) is 7.60. The molecule has 0 aromatic heterocycles. The van der Waals surface area contributed by atoms with Crippen molar-refractivity contribution in [3.63, 3.8) is 0 Å². The van der Waals surface area contributed by atoms with Gasteiger partial charge in [0.05, 0.1) is 5.60 Å². The summed E-state index contributed by atoms with van der Waals surface area (Å²) in [5, 5.41) is 0. The first-order valence-electron chi connectivity index (χ1n) is 7.60. The molecule has 1 aliphatic heterocycles. The maximum atomic E-state index is 6.75. The molecule has 0 amide bonds. The van der Waals surface area contributed by atoms with Crippen LogP contribution in [0.1, 0.15) is 49.3 Å². The summed E-state index contributed by atoms with van der Waals surface area (Å²) >= 11 is 0. The van der Waals surface area contributed by atoms with Gasteiger partial charge in [0, 0.05) is 0 Å². The Bertz CT molecular complexity index is 625. The summed E-state index contributed by atoms with van der Waals surface area (Å²) in [6.07, 6.45) is 4.87. The van der Waals surface area contributed by atoms with E-state index in [0.29, 0.717) is 0 Å². The Labute approximate surface area is 120 Å². The molecule has 0 bridgehead atoms. The second kappa shape index (κ2) is 4.20. The van der Waals surface area contributed by atoms with E-state index < -0.39 is 0 Å². The molecular formula is C19H20O. The predicted octanol–water partition coefficient (Wildman–Crippen LogP) is 4.75. The molecule has 1 unspecified atom stereocenters. The Balaban J connectivity index is 1.92. The maximum Gasteiger partial charge on any atom is 0.117 e. The van der Waals surface area contributed by atoms with Gasteiger partial charge in [-0.15, -0.1) is 0 Å². The zero-order valence-electron chi connectivity index (χ0n) is 11.9. The van der Waals surface area contributed by atoms with Gasteiger partial charge >= 0.3 is 0 Å². The van der Waals surface area contributed by atoms with Crippen molar-refractivity contribution in [2.75, 3.05) is 0 Å². The van der Waals surface area contributed by atoms with Crippen LogP contribution in [0.15, 0.2) is 54.6 Å². The summed E-state index contributed by atoms with van der Waals surface area (Å²) in [4.78, 5) is 0. The van der Waals surface area contributed by atoms with Gasteiger partial charge in [-0.2, -0.15) is 0 Å². The molecular weight excluding hydrogens is 244 g/mol. The zero-order valence-corrected chi connectivity index (χ0v) is 11.9. The van der Waals surface area contributed by atoms with Gasteiger partial charge in [0.1, 0.15) is 5.60 Å². The highest BCUT2D eigenvalue weighted by Crippen LogP contribution is 2.56. The van der Waals surface area contributed by atoms with Crippen molar-refractivity contribution in [2.45, 2.75) is 43.8 Å². The molecule has 1 saturated carbocycles. The van der Waals surface area contributed by atoms with Crippen LogP contribution in [0.4, 0.5) is 0 Å². The van der Waals surface area contributed by atoms with E-state index >= 15 is 0 Å². The van der Waals surface area contributed by atoms with Gasteiger partial charge in [0.2, 0.25) is 0 Å². The number of benzene rings is 2. The summed E-state index contributed by atoms with van der Waals surface area (Å²) in [5.74, 6) is 0. The summed E-state index contributed by atoms with van der Waals surface area (Å²) in [7, 11) is 0. The van der Waals surface area contributed by atoms with Gasteiger partial charge in [-0.3, -0.25) is 0 Å². The topological polar surface area (TPSA) is 9.23 Å². The lowest BCUT2D eigenvalue weighted by Gasteiger charge is -2.31. The molecule has 2 aromatic rings. The lowest BCUT2D eigenvalue weighted by molar-refractivity contribution is -0.110. The summed E-state index contributed by atoms with van der Waals surface area (Å²) < 4.78 is 6.75. The third kappa shape index (κ3) is 1.53. The van der Waals surface area contributed by atoms with Crippen LogP contribution in [-0.2, 0) is 15.9 Å². The van der Waals surface area contributed by atoms with Crippen molar-refractivity contribution in [1.82, 2.24) is 0 Å². The molecule has 20 heavy (non-hydrogen) atoms. The van der Waals surface area contributed by atoms with E-state index in [1.165, 1.54) is 29.5 Å². The fourth-order valence-electron chi connectivity index (χ4n) is 4.09. The van der Waals surface area contributed by atoms with Crippen LogP contribution in [0.5, 0.6) is 0 Å². The third-order valence-electron chi connectivity index (χ3n) is 5.07. The van der Waals surface area contributed by atoms with Gasteiger partial charge in [-0.1, -0.05) is 67.4 Å². The van der Waals surface area contributed by atoms with Crippen molar-refractivity contribution in [3.8, 4) is 0 Å². The van der Waals surface area contributed by atoms with Crippen molar-refractivity contribution in [1.29, 1.82) is 0 Å². The minimum absolute atomic E-state index is 0.0405. The van der Waals surface area contributed by atoms with Gasteiger partial charge in [0.25, 0.3) is 0 Å². The van der Waals surface area contributed by atoms with Crippen molar-refractivity contribution in [3.05, 3.63) is 71.3 Å². The minimum Gasteiger partial charge on any atom is -0.355 e. The molecule has 1 aliphatic carbocycles. The Morgan fingerprint density at radius 2 is 1.40 bits per heavy atom. The minimum atomic E-state index is -0.303. The number of ether oxygens (including phenoxy) is 1. The molecule has 0 radical (unpaired) electrons. The van der Waals surface area contributed by atoms with Gasteiger partial charge in [-0.05, 0) is 36.5 Å². The first-order chi connectivity index (χ1) is 9.75. The Morgan fingerprint density at radius 3 is 2.10 bits per heavy atom. The maximum absolute atomic E-state index is 6.75. The van der Waals surface area contributed by atoms with E-state index in [9.17, 15) is 0 Å². The molecule has 0 N–H and O–H groups in total. The van der Waals surface area contributed by atoms with Gasteiger partial charge < -0.3 is 4.74 Å². The van der Waals surface area contributed by atoms with E-state index in [4.69, 9.17) is 4.74 Å². The van der Waals surface area contributed by atoms with Crippen molar-refractivity contribution in [2.24, 2.45) is 0 Å². The van der Waals surface area contributed by atoms with E-state index in [0.717, 1.165) is 12.8 Å². The molecule has 1 heteroatoms. The third-order valence-corrected chi connectivity index (χ3v) is 5.07. The molecule has 2 aliphatic rings. The van der Waals surface area contributed by atoms with Crippen molar-refractivity contribution >= 4 is 0 Å². The normalized spacial score (nSPS) is 26.9. The average Bonchev–Trinajstić information content (AvgIpc) is 3.06. The molecule has 4 rings (SSSR count). The van der Waals surface area contributed by atoms with E-state index in [1.54, 1.807) is 0 Å². The van der Waals surface area contributed by atoms with Crippen LogP contribution < -0.4 is 0 Å². The smallest absolute Gasteiger partial charge is 0.117 e. The Kier molecular flexibility index (Phi) is 2.55. The second-order valence-electron chi connectivity index (χ2n) is 6.25. The van der Waals surface area contributed by atoms with E-state index in [2.05, 4.69) is 61.5 Å². The number of hydrogen-bond acceptors (Lipinski definition) is 1. The van der Waals surface area contributed by atoms with Crippen molar-refractivity contribution < 1.29 is 4.74 Å². The molecule has 102 valence electrons. The summed E-state index contributed by atoms with van der Waals surface area (Å²) in [6, 6.07) is 19.5. The molecule has 2 aromatic carbocycles. The predicted molar refractivity (Wildman–Crippen MR) is 80.6 cm³/mol. The lowest BCUT2D eigenvalue weighted by Crippen LogP contribution is -2.29. The van der Waals surface area contributed by atoms with Crippen LogP contribution in [0.2, 0.25) is 0 Å².